The summed E-state index contributed by atoms with van der Waals surface area (Å²) >= 11 is 0. The van der Waals surface area contributed by atoms with Gasteiger partial charge < -0.3 is 14.8 Å². The zero-order chi connectivity index (χ0) is 20.1. The fourth-order valence-electron chi connectivity index (χ4n) is 3.59. The van der Waals surface area contributed by atoms with Gasteiger partial charge in [-0.25, -0.2) is 0 Å². The summed E-state index contributed by atoms with van der Waals surface area (Å²) in [6, 6.07) is 10.3. The summed E-state index contributed by atoms with van der Waals surface area (Å²) in [5, 5.41) is 12.0. The van der Waals surface area contributed by atoms with E-state index < -0.39 is 0 Å². The van der Waals surface area contributed by atoms with Crippen LogP contribution in [0.3, 0.4) is 0 Å². The van der Waals surface area contributed by atoms with Crippen molar-refractivity contribution in [3.63, 3.8) is 0 Å². The van der Waals surface area contributed by atoms with E-state index in [0.717, 1.165) is 31.0 Å². The Bertz CT molecular complexity index is 801. The van der Waals surface area contributed by atoms with Gasteiger partial charge in [0, 0.05) is 45.3 Å². The summed E-state index contributed by atoms with van der Waals surface area (Å²) in [7, 11) is 3.34. The van der Waals surface area contributed by atoms with Crippen LogP contribution in [-0.4, -0.2) is 50.8 Å². The lowest BCUT2D eigenvalue weighted by Gasteiger charge is -2.38. The van der Waals surface area contributed by atoms with Crippen LogP contribution in [0.5, 0.6) is 5.75 Å². The van der Waals surface area contributed by atoms with Gasteiger partial charge in [-0.1, -0.05) is 19.1 Å². The number of hydrogen-bond acceptors (Lipinski definition) is 5. The van der Waals surface area contributed by atoms with Gasteiger partial charge in [0.1, 0.15) is 12.4 Å². The molecular formula is C22H27N3O3. The monoisotopic (exact) mass is 381 g/mol. The maximum atomic E-state index is 11.5. The predicted octanol–water partition coefficient (Wildman–Crippen LogP) is 2.28. The number of carbonyl (C=O) groups excluding carboxylic acids is 1. The number of likely N-dealkylation sites (tertiary alicyclic amines) is 1. The third-order valence-corrected chi connectivity index (χ3v) is 5.41. The highest BCUT2D eigenvalue weighted by Gasteiger charge is 2.31. The Labute approximate surface area is 166 Å². The van der Waals surface area contributed by atoms with Crippen molar-refractivity contribution in [1.82, 2.24) is 10.2 Å². The highest BCUT2D eigenvalue weighted by molar-refractivity contribution is 5.79. The van der Waals surface area contributed by atoms with Crippen LogP contribution >= 0.6 is 0 Å². The van der Waals surface area contributed by atoms with Crippen LogP contribution in [0.1, 0.15) is 12.5 Å². The van der Waals surface area contributed by atoms with Crippen molar-refractivity contribution in [3.8, 4) is 11.8 Å². The fraction of sp³-hybridized carbons (Fsp3) is 0.455. The summed E-state index contributed by atoms with van der Waals surface area (Å²) in [5.41, 5.74) is 2.86. The summed E-state index contributed by atoms with van der Waals surface area (Å²) in [6.45, 7) is 4.83. The molecule has 6 nitrogen and oxygen atoms in total. The summed E-state index contributed by atoms with van der Waals surface area (Å²) < 4.78 is 11.3. The summed E-state index contributed by atoms with van der Waals surface area (Å²) in [4.78, 5) is 13.8. The van der Waals surface area contributed by atoms with E-state index in [0.29, 0.717) is 12.2 Å². The first-order valence-electron chi connectivity index (χ1n) is 9.55. The van der Waals surface area contributed by atoms with Crippen LogP contribution in [-0.2, 0) is 16.1 Å². The van der Waals surface area contributed by atoms with Crippen molar-refractivity contribution in [3.05, 3.63) is 53.1 Å². The van der Waals surface area contributed by atoms with E-state index in [-0.39, 0.29) is 23.8 Å². The van der Waals surface area contributed by atoms with Gasteiger partial charge in [-0.2, -0.15) is 5.26 Å². The number of nitrogens with zero attached hydrogens (tertiary/aromatic N) is 2. The molecule has 1 aliphatic carbocycles. The minimum Gasteiger partial charge on any atom is -0.489 e. The van der Waals surface area contributed by atoms with Crippen molar-refractivity contribution in [2.24, 2.45) is 11.8 Å². The van der Waals surface area contributed by atoms with E-state index in [1.807, 2.05) is 43.3 Å². The number of nitriles is 1. The minimum atomic E-state index is -0.101. The first-order chi connectivity index (χ1) is 13.5. The standard InChI is InChI=1S/C22H27N3O3/c1-15-18(10-23)8-17(9-21(15)27-3)14-28-20-6-4-16(5-7-20)11-25-12-19(13-25)22(26)24-2/h4-9,15,19,21H,11-14H2,1-3H3,(H,24,26). The molecule has 3 rings (SSSR count). The highest BCUT2D eigenvalue weighted by atomic mass is 16.5. The molecular weight excluding hydrogens is 354 g/mol. The molecule has 0 spiro atoms. The molecule has 0 saturated carbocycles. The first-order valence-corrected chi connectivity index (χ1v) is 9.55. The predicted molar refractivity (Wildman–Crippen MR) is 107 cm³/mol. The molecule has 1 fully saturated rings. The molecule has 0 radical (unpaired) electrons. The van der Waals surface area contributed by atoms with Gasteiger partial charge in [0.15, 0.2) is 0 Å². The molecule has 1 saturated heterocycles. The van der Waals surface area contributed by atoms with Crippen LogP contribution in [0.25, 0.3) is 0 Å². The minimum absolute atomic E-state index is 0.0579. The highest BCUT2D eigenvalue weighted by Crippen LogP contribution is 2.26. The molecule has 6 heteroatoms. The van der Waals surface area contributed by atoms with Crippen molar-refractivity contribution >= 4 is 5.91 Å². The maximum Gasteiger partial charge on any atom is 0.225 e. The Morgan fingerprint density at radius 1 is 1.32 bits per heavy atom. The van der Waals surface area contributed by atoms with Crippen LogP contribution in [0.4, 0.5) is 0 Å². The molecule has 2 aliphatic rings. The lowest BCUT2D eigenvalue weighted by molar-refractivity contribution is -0.129. The molecule has 1 aromatic carbocycles. The van der Waals surface area contributed by atoms with E-state index in [2.05, 4.69) is 16.3 Å². The van der Waals surface area contributed by atoms with Gasteiger partial charge in [0.25, 0.3) is 0 Å². The van der Waals surface area contributed by atoms with E-state index in [9.17, 15) is 10.1 Å². The largest absolute Gasteiger partial charge is 0.489 e. The number of amides is 1. The van der Waals surface area contributed by atoms with E-state index in [4.69, 9.17) is 9.47 Å². The molecule has 2 atom stereocenters. The van der Waals surface area contributed by atoms with Crippen LogP contribution < -0.4 is 10.1 Å². The second-order valence-electron chi connectivity index (χ2n) is 7.38. The number of rotatable bonds is 7. The van der Waals surface area contributed by atoms with Crippen molar-refractivity contribution < 1.29 is 14.3 Å². The normalized spacial score (nSPS) is 22.5. The smallest absolute Gasteiger partial charge is 0.225 e. The summed E-state index contributed by atoms with van der Waals surface area (Å²) in [5.74, 6) is 1.08. The second kappa shape index (κ2) is 9.05. The fourth-order valence-corrected chi connectivity index (χ4v) is 3.59. The number of nitrogens with one attached hydrogen (secondary N) is 1. The average molecular weight is 381 g/mol. The van der Waals surface area contributed by atoms with Crippen molar-refractivity contribution in [2.75, 3.05) is 33.9 Å². The lowest BCUT2D eigenvalue weighted by Crippen LogP contribution is -2.52. The molecule has 1 amide bonds. The topological polar surface area (TPSA) is 74.6 Å². The van der Waals surface area contributed by atoms with Crippen molar-refractivity contribution in [1.29, 1.82) is 5.26 Å². The Morgan fingerprint density at radius 3 is 2.64 bits per heavy atom. The van der Waals surface area contributed by atoms with Gasteiger partial charge in [0.2, 0.25) is 5.91 Å². The first kappa shape index (κ1) is 20.1. The van der Waals surface area contributed by atoms with Crippen LogP contribution in [0, 0.1) is 23.2 Å². The van der Waals surface area contributed by atoms with E-state index in [1.54, 1.807) is 14.2 Å². The Kier molecular flexibility index (Phi) is 6.50. The van der Waals surface area contributed by atoms with Gasteiger partial charge in [-0.05, 0) is 35.4 Å². The van der Waals surface area contributed by atoms with Gasteiger partial charge in [0.05, 0.1) is 18.1 Å². The summed E-state index contributed by atoms with van der Waals surface area (Å²) in [6.07, 6.45) is 3.81. The second-order valence-corrected chi connectivity index (χ2v) is 7.38. The van der Waals surface area contributed by atoms with E-state index in [1.165, 1.54) is 5.56 Å². The quantitative estimate of drug-likeness (QED) is 0.784. The third kappa shape index (κ3) is 4.61. The average Bonchev–Trinajstić information content (AvgIpc) is 2.69. The Hall–Kier alpha value is -2.62. The Morgan fingerprint density at radius 2 is 2.04 bits per heavy atom. The zero-order valence-corrected chi connectivity index (χ0v) is 16.6. The molecule has 28 heavy (non-hydrogen) atoms. The molecule has 0 bridgehead atoms. The lowest BCUT2D eigenvalue weighted by atomic mass is 9.88. The Balaban J connectivity index is 1.51. The number of hydrogen-bond donors (Lipinski definition) is 1. The third-order valence-electron chi connectivity index (χ3n) is 5.41. The molecule has 1 aliphatic heterocycles. The number of ether oxygens (including phenoxy) is 2. The number of carbonyl (C=O) groups is 1. The van der Waals surface area contributed by atoms with Crippen LogP contribution in [0.15, 0.2) is 47.6 Å². The van der Waals surface area contributed by atoms with Gasteiger partial charge >= 0.3 is 0 Å². The van der Waals surface area contributed by atoms with Gasteiger partial charge in [-0.3, -0.25) is 9.69 Å². The van der Waals surface area contributed by atoms with Crippen LogP contribution in [0.2, 0.25) is 0 Å². The van der Waals surface area contributed by atoms with Crippen molar-refractivity contribution in [2.45, 2.75) is 19.6 Å². The molecule has 148 valence electrons. The number of methoxy groups -OCH3 is 1. The zero-order valence-electron chi connectivity index (χ0n) is 16.6. The SMILES string of the molecule is CNC(=O)C1CN(Cc2ccc(OCC3=CC(OC)C(C)C(C#N)=C3)cc2)C1. The molecule has 1 aromatic rings. The molecule has 0 aromatic heterocycles. The molecule has 2 unspecified atom stereocenters. The van der Waals surface area contributed by atoms with E-state index >= 15 is 0 Å². The van der Waals surface area contributed by atoms with Gasteiger partial charge in [-0.15, -0.1) is 0 Å². The molecule has 1 N–H and O–H groups in total. The maximum absolute atomic E-state index is 11.5. The molecule has 1 heterocycles. The number of benzene rings is 1.